The fraction of sp³-hybridized carbons (Fsp3) is 0.286. The van der Waals surface area contributed by atoms with Gasteiger partial charge in [-0.15, -0.1) is 0 Å². The number of carbonyl (C=O) groups excluding carboxylic acids is 3. The van der Waals surface area contributed by atoms with Crippen molar-refractivity contribution in [1.29, 1.82) is 0 Å². The van der Waals surface area contributed by atoms with E-state index in [0.717, 1.165) is 0 Å². The minimum absolute atomic E-state index is 0.0171. The molecular weight excluding hydrogens is 379 g/mol. The number of benzene rings is 2. The molecule has 0 saturated carbocycles. The first-order valence-electron chi connectivity index (χ1n) is 9.21. The third-order valence-electron chi connectivity index (χ3n) is 4.39. The number of anilines is 2. The number of ether oxygens (including phenoxy) is 2. The van der Waals surface area contributed by atoms with E-state index in [-0.39, 0.29) is 18.9 Å². The lowest BCUT2D eigenvalue weighted by Crippen LogP contribution is -2.28. The summed E-state index contributed by atoms with van der Waals surface area (Å²) in [7, 11) is 0. The summed E-state index contributed by atoms with van der Waals surface area (Å²) >= 11 is 0. The monoisotopic (exact) mass is 400 g/mol. The van der Waals surface area contributed by atoms with Gasteiger partial charge < -0.3 is 19.7 Å². The van der Waals surface area contributed by atoms with Crippen LogP contribution in [0.2, 0.25) is 0 Å². The first kappa shape index (κ1) is 20.3. The first-order valence-corrected chi connectivity index (χ1v) is 9.21. The van der Waals surface area contributed by atoms with Crippen LogP contribution in [0.5, 0.6) is 5.75 Å². The quantitative estimate of drug-likeness (QED) is 0.723. The van der Waals surface area contributed by atoms with Gasteiger partial charge in [0.15, 0.2) is 6.61 Å². The molecule has 1 N–H and O–H groups in total. The fourth-order valence-corrected chi connectivity index (χ4v) is 2.99. The lowest BCUT2D eigenvalue weighted by Gasteiger charge is -2.16. The Morgan fingerprint density at radius 3 is 2.48 bits per heavy atom. The van der Waals surface area contributed by atoms with Crippen LogP contribution in [0.1, 0.15) is 13.3 Å². The van der Waals surface area contributed by atoms with Crippen molar-refractivity contribution in [3.05, 3.63) is 54.3 Å². The van der Waals surface area contributed by atoms with Gasteiger partial charge in [-0.05, 0) is 55.5 Å². The van der Waals surface area contributed by atoms with Crippen LogP contribution >= 0.6 is 0 Å². The summed E-state index contributed by atoms with van der Waals surface area (Å²) in [5, 5.41) is 2.62. The molecule has 2 aromatic rings. The zero-order chi connectivity index (χ0) is 20.8. The summed E-state index contributed by atoms with van der Waals surface area (Å²) in [6.45, 7) is 2.10. The standard InChI is InChI=1S/C21H21FN2O5/c1-2-28-18-9-5-16(6-10-18)23-19(25)13-29-21(27)14-11-20(26)24(12-14)17-7-3-15(22)4-8-17/h3-10,14H,2,11-13H2,1H3,(H,23,25)/t14-/m0/s1. The molecule has 3 rings (SSSR count). The number of carbonyl (C=O) groups is 3. The van der Waals surface area contributed by atoms with Crippen molar-refractivity contribution in [2.75, 3.05) is 30.0 Å². The number of hydrogen-bond donors (Lipinski definition) is 1. The van der Waals surface area contributed by atoms with E-state index < -0.39 is 30.2 Å². The van der Waals surface area contributed by atoms with Gasteiger partial charge in [-0.1, -0.05) is 0 Å². The largest absolute Gasteiger partial charge is 0.494 e. The van der Waals surface area contributed by atoms with Gasteiger partial charge in [-0.3, -0.25) is 14.4 Å². The highest BCUT2D eigenvalue weighted by atomic mass is 19.1. The van der Waals surface area contributed by atoms with E-state index >= 15 is 0 Å². The highest BCUT2D eigenvalue weighted by Gasteiger charge is 2.36. The maximum absolute atomic E-state index is 13.0. The summed E-state index contributed by atoms with van der Waals surface area (Å²) in [4.78, 5) is 37.8. The van der Waals surface area contributed by atoms with Crippen LogP contribution in [0.4, 0.5) is 15.8 Å². The molecule has 29 heavy (non-hydrogen) atoms. The molecule has 0 unspecified atom stereocenters. The Hall–Kier alpha value is -3.42. The van der Waals surface area contributed by atoms with E-state index in [1.54, 1.807) is 24.3 Å². The topological polar surface area (TPSA) is 84.9 Å². The molecule has 0 aliphatic carbocycles. The molecule has 7 nitrogen and oxygen atoms in total. The molecule has 2 aromatic carbocycles. The van der Waals surface area contributed by atoms with Crippen LogP contribution in [0, 0.1) is 11.7 Å². The molecule has 2 amide bonds. The van der Waals surface area contributed by atoms with Crippen molar-refractivity contribution in [2.24, 2.45) is 5.92 Å². The second kappa shape index (κ2) is 9.18. The van der Waals surface area contributed by atoms with Crippen LogP contribution in [0.3, 0.4) is 0 Å². The Morgan fingerprint density at radius 1 is 1.14 bits per heavy atom. The van der Waals surface area contributed by atoms with Crippen molar-refractivity contribution >= 4 is 29.2 Å². The van der Waals surface area contributed by atoms with Crippen LogP contribution in [0.15, 0.2) is 48.5 Å². The van der Waals surface area contributed by atoms with Crippen molar-refractivity contribution in [3.8, 4) is 5.75 Å². The lowest BCUT2D eigenvalue weighted by molar-refractivity contribution is -0.151. The maximum atomic E-state index is 13.0. The molecule has 1 aliphatic rings. The minimum atomic E-state index is -0.675. The van der Waals surface area contributed by atoms with Crippen LogP contribution in [-0.2, 0) is 19.1 Å². The smallest absolute Gasteiger partial charge is 0.311 e. The SMILES string of the molecule is CCOc1ccc(NC(=O)COC(=O)[C@H]2CC(=O)N(c3ccc(F)cc3)C2)cc1. The number of hydrogen-bond acceptors (Lipinski definition) is 5. The van der Waals surface area contributed by atoms with Gasteiger partial charge in [-0.25, -0.2) is 4.39 Å². The van der Waals surface area contributed by atoms with E-state index in [1.165, 1.54) is 29.2 Å². The average Bonchev–Trinajstić information content (AvgIpc) is 3.10. The Labute approximate surface area is 167 Å². The van der Waals surface area contributed by atoms with Crippen molar-refractivity contribution in [1.82, 2.24) is 0 Å². The number of nitrogens with zero attached hydrogens (tertiary/aromatic N) is 1. The molecule has 152 valence electrons. The summed E-state index contributed by atoms with van der Waals surface area (Å²) in [6.07, 6.45) is -0.0171. The molecule has 0 aromatic heterocycles. The highest BCUT2D eigenvalue weighted by Crippen LogP contribution is 2.26. The summed E-state index contributed by atoms with van der Waals surface area (Å²) in [5.41, 5.74) is 1.06. The average molecular weight is 400 g/mol. The number of esters is 1. The molecule has 1 fully saturated rings. The third-order valence-corrected chi connectivity index (χ3v) is 4.39. The summed E-state index contributed by atoms with van der Waals surface area (Å²) in [6, 6.07) is 12.3. The molecular formula is C21H21FN2O5. The number of halogens is 1. The van der Waals surface area contributed by atoms with Crippen LogP contribution < -0.4 is 15.0 Å². The van der Waals surface area contributed by atoms with E-state index in [1.807, 2.05) is 6.92 Å². The van der Waals surface area contributed by atoms with E-state index in [4.69, 9.17) is 9.47 Å². The Morgan fingerprint density at radius 2 is 1.83 bits per heavy atom. The van der Waals surface area contributed by atoms with Gasteiger partial charge in [0.1, 0.15) is 11.6 Å². The molecule has 1 atom stereocenters. The zero-order valence-corrected chi connectivity index (χ0v) is 15.9. The molecule has 0 radical (unpaired) electrons. The van der Waals surface area contributed by atoms with Crippen molar-refractivity contribution < 1.29 is 28.2 Å². The predicted octanol–water partition coefficient (Wildman–Crippen LogP) is 2.76. The van der Waals surface area contributed by atoms with Gasteiger partial charge >= 0.3 is 5.97 Å². The van der Waals surface area contributed by atoms with Gasteiger partial charge in [-0.2, -0.15) is 0 Å². The second-order valence-electron chi connectivity index (χ2n) is 6.50. The molecule has 1 aliphatic heterocycles. The molecule has 8 heteroatoms. The van der Waals surface area contributed by atoms with E-state index in [9.17, 15) is 18.8 Å². The summed E-state index contributed by atoms with van der Waals surface area (Å²) in [5.74, 6) is -1.75. The van der Waals surface area contributed by atoms with Gasteiger partial charge in [0.25, 0.3) is 5.91 Å². The molecule has 0 spiro atoms. The van der Waals surface area contributed by atoms with Crippen molar-refractivity contribution in [2.45, 2.75) is 13.3 Å². The number of rotatable bonds is 7. The van der Waals surface area contributed by atoms with Gasteiger partial charge in [0, 0.05) is 24.3 Å². The Bertz CT molecular complexity index is 883. The fourth-order valence-electron chi connectivity index (χ4n) is 2.99. The molecule has 1 saturated heterocycles. The number of amides is 2. The molecule has 0 bridgehead atoms. The number of nitrogens with one attached hydrogen (secondary N) is 1. The van der Waals surface area contributed by atoms with Crippen LogP contribution in [0.25, 0.3) is 0 Å². The first-order chi connectivity index (χ1) is 14.0. The Balaban J connectivity index is 1.48. The van der Waals surface area contributed by atoms with Crippen molar-refractivity contribution in [3.63, 3.8) is 0 Å². The van der Waals surface area contributed by atoms with Gasteiger partial charge in [0.05, 0.1) is 12.5 Å². The van der Waals surface area contributed by atoms with E-state index in [0.29, 0.717) is 23.7 Å². The third kappa shape index (κ3) is 5.31. The predicted molar refractivity (Wildman–Crippen MR) is 104 cm³/mol. The Kier molecular flexibility index (Phi) is 6.43. The normalized spacial score (nSPS) is 15.9. The minimum Gasteiger partial charge on any atom is -0.494 e. The van der Waals surface area contributed by atoms with Crippen LogP contribution in [-0.4, -0.2) is 37.5 Å². The lowest BCUT2D eigenvalue weighted by atomic mass is 10.1. The highest BCUT2D eigenvalue weighted by molar-refractivity contribution is 6.00. The molecule has 1 heterocycles. The second-order valence-corrected chi connectivity index (χ2v) is 6.50. The van der Waals surface area contributed by atoms with E-state index in [2.05, 4.69) is 5.32 Å². The van der Waals surface area contributed by atoms with Gasteiger partial charge in [0.2, 0.25) is 5.91 Å². The zero-order valence-electron chi connectivity index (χ0n) is 15.9. The summed E-state index contributed by atoms with van der Waals surface area (Å²) < 4.78 is 23.4. The maximum Gasteiger partial charge on any atom is 0.311 e.